The van der Waals surface area contributed by atoms with Crippen molar-refractivity contribution >= 4 is 0 Å². The molecule has 84 valence electrons. The molecule has 1 saturated heterocycles. The van der Waals surface area contributed by atoms with E-state index in [1.807, 2.05) is 6.92 Å². The number of hydrogen-bond acceptors (Lipinski definition) is 2. The number of hydrogen-bond donors (Lipinski definition) is 1. The van der Waals surface area contributed by atoms with Crippen LogP contribution in [0, 0.1) is 11.8 Å². The Bertz CT molecular complexity index is 268. The normalized spacial score (nSPS) is 30.1. The van der Waals surface area contributed by atoms with Gasteiger partial charge in [0.25, 0.3) is 0 Å². The maximum atomic E-state index is 3.76. The Balaban J connectivity index is 1.99. The van der Waals surface area contributed by atoms with Gasteiger partial charge in [0.15, 0.2) is 0 Å². The zero-order chi connectivity index (χ0) is 10.7. The lowest BCUT2D eigenvalue weighted by atomic mass is 9.92. The van der Waals surface area contributed by atoms with E-state index in [1.165, 1.54) is 32.2 Å². The summed E-state index contributed by atoms with van der Waals surface area (Å²) < 4.78 is 0. The van der Waals surface area contributed by atoms with Gasteiger partial charge in [-0.1, -0.05) is 18.8 Å². The molecule has 0 aromatic rings. The fraction of sp³-hybridized carbons (Fsp3) is 0.846. The van der Waals surface area contributed by atoms with Gasteiger partial charge in [-0.3, -0.25) is 4.90 Å². The lowest BCUT2D eigenvalue weighted by Crippen LogP contribution is -2.62. The Hall–Kier alpha value is -0.520. The van der Waals surface area contributed by atoms with E-state index in [2.05, 4.69) is 29.0 Å². The van der Waals surface area contributed by atoms with Crippen LogP contribution in [-0.4, -0.2) is 36.1 Å². The van der Waals surface area contributed by atoms with E-state index in [9.17, 15) is 0 Å². The van der Waals surface area contributed by atoms with E-state index >= 15 is 0 Å². The zero-order valence-corrected chi connectivity index (χ0v) is 9.97. The Labute approximate surface area is 93.4 Å². The minimum absolute atomic E-state index is 0.432. The molecule has 1 aliphatic heterocycles. The molecule has 2 rings (SSSR count). The third-order valence-corrected chi connectivity index (χ3v) is 3.92. The lowest BCUT2D eigenvalue weighted by molar-refractivity contribution is 0.102. The molecule has 0 radical (unpaired) electrons. The van der Waals surface area contributed by atoms with Gasteiger partial charge in [0, 0.05) is 24.7 Å². The molecular weight excluding hydrogens is 184 g/mol. The van der Waals surface area contributed by atoms with Crippen LogP contribution in [0.1, 0.15) is 39.5 Å². The fourth-order valence-corrected chi connectivity index (χ4v) is 2.87. The molecule has 15 heavy (non-hydrogen) atoms. The van der Waals surface area contributed by atoms with Crippen LogP contribution in [0.5, 0.6) is 0 Å². The molecule has 2 fully saturated rings. The zero-order valence-electron chi connectivity index (χ0n) is 9.97. The van der Waals surface area contributed by atoms with Gasteiger partial charge in [0.2, 0.25) is 0 Å². The fourth-order valence-electron chi connectivity index (χ4n) is 2.87. The van der Waals surface area contributed by atoms with Crippen molar-refractivity contribution in [3.8, 4) is 11.8 Å². The summed E-state index contributed by atoms with van der Waals surface area (Å²) in [6.07, 6.45) is 5.51. The first-order chi connectivity index (χ1) is 7.26. The van der Waals surface area contributed by atoms with Crippen molar-refractivity contribution in [2.24, 2.45) is 0 Å². The molecule has 0 aromatic heterocycles. The number of nitrogens with zero attached hydrogens (tertiary/aromatic N) is 1. The highest BCUT2D eigenvalue weighted by Crippen LogP contribution is 2.32. The molecule has 1 unspecified atom stereocenters. The van der Waals surface area contributed by atoms with Gasteiger partial charge < -0.3 is 5.32 Å². The van der Waals surface area contributed by atoms with Gasteiger partial charge in [-0.15, -0.1) is 5.92 Å². The second-order valence-electron chi connectivity index (χ2n) is 5.05. The Kier molecular flexibility index (Phi) is 3.33. The van der Waals surface area contributed by atoms with Crippen molar-refractivity contribution in [3.05, 3.63) is 0 Å². The van der Waals surface area contributed by atoms with Gasteiger partial charge in [0.1, 0.15) is 0 Å². The van der Waals surface area contributed by atoms with Crippen LogP contribution in [-0.2, 0) is 0 Å². The summed E-state index contributed by atoms with van der Waals surface area (Å²) in [5, 5.41) is 3.76. The van der Waals surface area contributed by atoms with Crippen molar-refractivity contribution in [1.82, 2.24) is 10.2 Å². The minimum Gasteiger partial charge on any atom is -0.308 e. The summed E-state index contributed by atoms with van der Waals surface area (Å²) in [5.41, 5.74) is 0.432. The molecule has 2 nitrogen and oxygen atoms in total. The quantitative estimate of drug-likeness (QED) is 0.656. The molecule has 1 heterocycles. The average molecular weight is 206 g/mol. The highest BCUT2D eigenvalue weighted by Gasteiger charge is 2.39. The van der Waals surface area contributed by atoms with Crippen LogP contribution < -0.4 is 5.32 Å². The van der Waals surface area contributed by atoms with Crippen LogP contribution in [0.15, 0.2) is 0 Å². The summed E-state index contributed by atoms with van der Waals surface area (Å²) in [5.74, 6) is 6.21. The largest absolute Gasteiger partial charge is 0.308 e. The van der Waals surface area contributed by atoms with Gasteiger partial charge in [-0.2, -0.15) is 0 Å². The molecule has 1 saturated carbocycles. The lowest BCUT2D eigenvalue weighted by Gasteiger charge is -2.44. The van der Waals surface area contributed by atoms with Crippen LogP contribution in [0.3, 0.4) is 0 Å². The van der Waals surface area contributed by atoms with Gasteiger partial charge in [-0.25, -0.2) is 0 Å². The molecule has 2 aliphatic rings. The van der Waals surface area contributed by atoms with Gasteiger partial charge >= 0.3 is 0 Å². The number of rotatable bonds is 1. The number of piperazine rings is 1. The molecular formula is C13H22N2. The van der Waals surface area contributed by atoms with E-state index in [-0.39, 0.29) is 0 Å². The molecule has 1 atom stereocenters. The second kappa shape index (κ2) is 4.55. The molecule has 1 N–H and O–H groups in total. The van der Waals surface area contributed by atoms with Crippen LogP contribution >= 0.6 is 0 Å². The Morgan fingerprint density at radius 3 is 2.80 bits per heavy atom. The first-order valence-corrected chi connectivity index (χ1v) is 6.14. The third kappa shape index (κ3) is 2.35. The van der Waals surface area contributed by atoms with Crippen molar-refractivity contribution in [2.45, 2.75) is 51.1 Å². The number of nitrogens with one attached hydrogen (secondary N) is 1. The first-order valence-electron chi connectivity index (χ1n) is 6.14. The maximum Gasteiger partial charge on any atom is 0.0604 e. The van der Waals surface area contributed by atoms with E-state index in [0.29, 0.717) is 11.6 Å². The standard InChI is InChI=1S/C13H22N2/c1-3-4-9-15-11-13(7-5-6-8-13)14-10-12(15)2/h12,14H,5-11H2,1-2H3. The van der Waals surface area contributed by atoms with Crippen molar-refractivity contribution in [3.63, 3.8) is 0 Å². The van der Waals surface area contributed by atoms with Crippen LogP contribution in [0.25, 0.3) is 0 Å². The SMILES string of the molecule is CC#CCN1CC2(CCCC2)NCC1C. The monoisotopic (exact) mass is 206 g/mol. The van der Waals surface area contributed by atoms with Crippen molar-refractivity contribution < 1.29 is 0 Å². The Morgan fingerprint density at radius 2 is 2.13 bits per heavy atom. The Morgan fingerprint density at radius 1 is 1.40 bits per heavy atom. The summed E-state index contributed by atoms with van der Waals surface area (Å²) in [6.45, 7) is 7.50. The van der Waals surface area contributed by atoms with Crippen molar-refractivity contribution in [1.29, 1.82) is 0 Å². The molecule has 2 heteroatoms. The maximum absolute atomic E-state index is 3.76. The highest BCUT2D eigenvalue weighted by atomic mass is 15.2. The summed E-state index contributed by atoms with van der Waals surface area (Å²) in [4.78, 5) is 2.54. The highest BCUT2D eigenvalue weighted by molar-refractivity contribution is 5.05. The van der Waals surface area contributed by atoms with E-state index in [4.69, 9.17) is 0 Å². The predicted octanol–water partition coefficient (Wildman–Crippen LogP) is 1.62. The topological polar surface area (TPSA) is 15.3 Å². The van der Waals surface area contributed by atoms with E-state index in [0.717, 1.165) is 13.1 Å². The minimum atomic E-state index is 0.432. The smallest absolute Gasteiger partial charge is 0.0604 e. The first kappa shape index (κ1) is 11.0. The summed E-state index contributed by atoms with van der Waals surface area (Å²) >= 11 is 0. The predicted molar refractivity (Wildman–Crippen MR) is 63.7 cm³/mol. The van der Waals surface area contributed by atoms with Gasteiger partial charge in [-0.05, 0) is 26.7 Å². The van der Waals surface area contributed by atoms with Gasteiger partial charge in [0.05, 0.1) is 6.54 Å². The summed E-state index contributed by atoms with van der Waals surface area (Å²) in [6, 6.07) is 0.636. The van der Waals surface area contributed by atoms with Crippen LogP contribution in [0.2, 0.25) is 0 Å². The molecule has 0 aromatic carbocycles. The van der Waals surface area contributed by atoms with E-state index in [1.54, 1.807) is 0 Å². The van der Waals surface area contributed by atoms with Crippen molar-refractivity contribution in [2.75, 3.05) is 19.6 Å². The molecule has 0 amide bonds. The van der Waals surface area contributed by atoms with Crippen LogP contribution in [0.4, 0.5) is 0 Å². The molecule has 1 spiro atoms. The van der Waals surface area contributed by atoms with E-state index < -0.39 is 0 Å². The molecule has 0 bridgehead atoms. The molecule has 1 aliphatic carbocycles. The third-order valence-electron chi connectivity index (χ3n) is 3.92. The summed E-state index contributed by atoms with van der Waals surface area (Å²) in [7, 11) is 0. The second-order valence-corrected chi connectivity index (χ2v) is 5.05. The average Bonchev–Trinajstić information content (AvgIpc) is 2.69.